The molecule has 2 amide bonds. The third-order valence-corrected chi connectivity index (χ3v) is 4.72. The Labute approximate surface area is 164 Å². The largest absolute Gasteiger partial charge is 0.371 e. The van der Waals surface area contributed by atoms with Crippen LogP contribution in [0.1, 0.15) is 12.2 Å². The van der Waals surface area contributed by atoms with Crippen LogP contribution in [0.3, 0.4) is 0 Å². The average Bonchev–Trinajstić information content (AvgIpc) is 3.29. The van der Waals surface area contributed by atoms with E-state index in [1.165, 1.54) is 5.69 Å². The van der Waals surface area contributed by atoms with Gasteiger partial charge in [-0.15, -0.1) is 0 Å². The summed E-state index contributed by atoms with van der Waals surface area (Å²) in [6.45, 7) is 4.62. The van der Waals surface area contributed by atoms with E-state index >= 15 is 0 Å². The van der Waals surface area contributed by atoms with E-state index in [0.29, 0.717) is 24.0 Å². The van der Waals surface area contributed by atoms with Gasteiger partial charge in [0.1, 0.15) is 5.76 Å². The second-order valence-corrected chi connectivity index (χ2v) is 7.28. The molecule has 0 saturated carbocycles. The van der Waals surface area contributed by atoms with Crippen molar-refractivity contribution in [3.05, 3.63) is 42.2 Å². The molecule has 3 rings (SSSR count). The molecule has 8 nitrogen and oxygen atoms in total. The zero-order valence-corrected chi connectivity index (χ0v) is 16.4. The zero-order valence-electron chi connectivity index (χ0n) is 16.4. The summed E-state index contributed by atoms with van der Waals surface area (Å²) in [5, 5.41) is 9.35. The number of anilines is 2. The first-order chi connectivity index (χ1) is 13.5. The standard InChI is InChI=1S/C20H27N5O3/c1-15-10-18(23-28-15)22-20(27)14-24(2)13-19(26)21-11-16-8-9-25(12-16)17-6-4-3-5-7-17/h3-7,10,16H,8-9,11-14H2,1-2H3,(H,21,26)(H,22,23,27). The summed E-state index contributed by atoms with van der Waals surface area (Å²) in [6, 6.07) is 12.0. The molecule has 1 unspecified atom stereocenters. The summed E-state index contributed by atoms with van der Waals surface area (Å²) < 4.78 is 4.91. The Morgan fingerprint density at radius 3 is 2.71 bits per heavy atom. The van der Waals surface area contributed by atoms with Crippen molar-refractivity contribution >= 4 is 23.3 Å². The highest BCUT2D eigenvalue weighted by molar-refractivity contribution is 5.91. The molecule has 8 heteroatoms. The minimum atomic E-state index is -0.238. The summed E-state index contributed by atoms with van der Waals surface area (Å²) in [5.74, 6) is 1.13. The number of likely N-dealkylation sites (N-methyl/N-ethyl adjacent to an activating group) is 1. The van der Waals surface area contributed by atoms with Gasteiger partial charge in [-0.3, -0.25) is 14.5 Å². The highest BCUT2D eigenvalue weighted by atomic mass is 16.5. The van der Waals surface area contributed by atoms with E-state index in [9.17, 15) is 9.59 Å². The van der Waals surface area contributed by atoms with Crippen LogP contribution < -0.4 is 15.5 Å². The highest BCUT2D eigenvalue weighted by Crippen LogP contribution is 2.22. The molecule has 1 aliphatic heterocycles. The number of nitrogens with one attached hydrogen (secondary N) is 2. The normalized spacial score (nSPS) is 16.4. The monoisotopic (exact) mass is 385 g/mol. The first kappa shape index (κ1) is 19.9. The van der Waals surface area contributed by atoms with E-state index in [0.717, 1.165) is 19.5 Å². The molecule has 0 bridgehead atoms. The van der Waals surface area contributed by atoms with Crippen LogP contribution in [0.5, 0.6) is 0 Å². The highest BCUT2D eigenvalue weighted by Gasteiger charge is 2.23. The Kier molecular flexibility index (Phi) is 6.65. The summed E-state index contributed by atoms with van der Waals surface area (Å²) >= 11 is 0. The smallest absolute Gasteiger partial charge is 0.239 e. The van der Waals surface area contributed by atoms with Gasteiger partial charge >= 0.3 is 0 Å². The lowest BCUT2D eigenvalue weighted by atomic mass is 10.1. The molecule has 2 heterocycles. The second-order valence-electron chi connectivity index (χ2n) is 7.28. The average molecular weight is 385 g/mol. The van der Waals surface area contributed by atoms with Crippen LogP contribution in [-0.4, -0.2) is 61.6 Å². The number of para-hydroxylation sites is 1. The van der Waals surface area contributed by atoms with Crippen molar-refractivity contribution in [2.24, 2.45) is 5.92 Å². The number of rotatable bonds is 8. The number of aromatic nitrogens is 1. The molecule has 1 fully saturated rings. The predicted molar refractivity (Wildman–Crippen MR) is 107 cm³/mol. The molecule has 2 N–H and O–H groups in total. The van der Waals surface area contributed by atoms with Crippen molar-refractivity contribution < 1.29 is 14.1 Å². The van der Waals surface area contributed by atoms with Crippen LogP contribution in [0.4, 0.5) is 11.5 Å². The lowest BCUT2D eigenvalue weighted by Gasteiger charge is -2.19. The predicted octanol–water partition coefficient (Wildman–Crippen LogP) is 1.50. The van der Waals surface area contributed by atoms with E-state index in [1.807, 2.05) is 18.2 Å². The van der Waals surface area contributed by atoms with Crippen molar-refractivity contribution in [3.63, 3.8) is 0 Å². The van der Waals surface area contributed by atoms with Crippen LogP contribution in [-0.2, 0) is 9.59 Å². The van der Waals surface area contributed by atoms with Crippen molar-refractivity contribution in [2.45, 2.75) is 13.3 Å². The molecule has 2 aromatic rings. The van der Waals surface area contributed by atoms with Crippen molar-refractivity contribution in [3.8, 4) is 0 Å². The van der Waals surface area contributed by atoms with Crippen molar-refractivity contribution in [1.29, 1.82) is 0 Å². The summed E-state index contributed by atoms with van der Waals surface area (Å²) in [4.78, 5) is 28.2. The van der Waals surface area contributed by atoms with Gasteiger partial charge in [-0.2, -0.15) is 0 Å². The molecule has 0 radical (unpaired) electrons. The van der Waals surface area contributed by atoms with Crippen LogP contribution in [0.25, 0.3) is 0 Å². The Balaban J connectivity index is 1.34. The third kappa shape index (κ3) is 5.82. The number of hydrogen-bond donors (Lipinski definition) is 2. The number of aryl methyl sites for hydroxylation is 1. The van der Waals surface area contributed by atoms with Gasteiger partial charge in [0.15, 0.2) is 5.82 Å². The maximum Gasteiger partial charge on any atom is 0.239 e. The van der Waals surface area contributed by atoms with Crippen molar-refractivity contribution in [1.82, 2.24) is 15.4 Å². The maximum absolute atomic E-state index is 12.2. The molecule has 0 spiro atoms. The van der Waals surface area contributed by atoms with Gasteiger partial charge in [0.05, 0.1) is 13.1 Å². The molecule has 1 atom stereocenters. The van der Waals surface area contributed by atoms with Crippen molar-refractivity contribution in [2.75, 3.05) is 50.0 Å². The molecular formula is C20H27N5O3. The van der Waals surface area contributed by atoms with Gasteiger partial charge in [-0.25, -0.2) is 0 Å². The number of benzene rings is 1. The third-order valence-electron chi connectivity index (χ3n) is 4.72. The van der Waals surface area contributed by atoms with Crippen LogP contribution >= 0.6 is 0 Å². The fourth-order valence-electron chi connectivity index (χ4n) is 3.34. The molecule has 28 heavy (non-hydrogen) atoms. The van der Waals surface area contributed by atoms with Gasteiger partial charge in [-0.05, 0) is 38.4 Å². The first-order valence-corrected chi connectivity index (χ1v) is 9.48. The lowest BCUT2D eigenvalue weighted by Crippen LogP contribution is -2.40. The van der Waals surface area contributed by atoms with E-state index in [4.69, 9.17) is 4.52 Å². The molecular weight excluding hydrogens is 358 g/mol. The lowest BCUT2D eigenvalue weighted by molar-refractivity contribution is -0.123. The maximum atomic E-state index is 12.2. The fraction of sp³-hybridized carbons (Fsp3) is 0.450. The second kappa shape index (κ2) is 9.36. The van der Waals surface area contributed by atoms with Crippen LogP contribution in [0.15, 0.2) is 40.9 Å². The van der Waals surface area contributed by atoms with Crippen LogP contribution in [0.2, 0.25) is 0 Å². The quantitative estimate of drug-likeness (QED) is 0.716. The number of hydrogen-bond acceptors (Lipinski definition) is 6. The van der Waals surface area contributed by atoms with Gasteiger partial charge in [0, 0.05) is 31.4 Å². The van der Waals surface area contributed by atoms with E-state index in [-0.39, 0.29) is 24.9 Å². The van der Waals surface area contributed by atoms with Gasteiger partial charge in [0.25, 0.3) is 0 Å². The summed E-state index contributed by atoms with van der Waals surface area (Å²) in [7, 11) is 1.74. The van der Waals surface area contributed by atoms with E-state index in [1.54, 1.807) is 24.9 Å². The van der Waals surface area contributed by atoms with E-state index < -0.39 is 0 Å². The Bertz CT molecular complexity index is 792. The number of carbonyl (C=O) groups excluding carboxylic acids is 2. The Hall–Kier alpha value is -2.87. The SMILES string of the molecule is Cc1cc(NC(=O)CN(C)CC(=O)NCC2CCN(c3ccccc3)C2)no1. The Morgan fingerprint density at radius 2 is 2.00 bits per heavy atom. The van der Waals surface area contributed by atoms with E-state index in [2.05, 4.69) is 32.8 Å². The molecule has 1 aliphatic rings. The minimum absolute atomic E-state index is 0.0780. The number of carbonyl (C=O) groups is 2. The van der Waals surface area contributed by atoms with Gasteiger partial charge in [0.2, 0.25) is 11.8 Å². The molecule has 1 aromatic carbocycles. The summed E-state index contributed by atoms with van der Waals surface area (Å²) in [6.07, 6.45) is 1.06. The molecule has 1 aromatic heterocycles. The number of amides is 2. The first-order valence-electron chi connectivity index (χ1n) is 9.48. The Morgan fingerprint density at radius 1 is 1.25 bits per heavy atom. The fourth-order valence-corrected chi connectivity index (χ4v) is 3.34. The summed E-state index contributed by atoms with van der Waals surface area (Å²) in [5.41, 5.74) is 1.23. The van der Waals surface area contributed by atoms with Crippen LogP contribution in [0, 0.1) is 12.8 Å². The molecule has 1 saturated heterocycles. The van der Waals surface area contributed by atoms with Gasteiger partial charge < -0.3 is 20.1 Å². The topological polar surface area (TPSA) is 90.7 Å². The zero-order chi connectivity index (χ0) is 19.9. The molecule has 150 valence electrons. The van der Waals surface area contributed by atoms with Gasteiger partial charge in [-0.1, -0.05) is 23.4 Å². The number of nitrogens with zero attached hydrogens (tertiary/aromatic N) is 3. The minimum Gasteiger partial charge on any atom is -0.371 e. The molecule has 0 aliphatic carbocycles.